The average Bonchev–Trinajstić information content (AvgIpc) is 1.91. The molecule has 0 fully saturated rings. The predicted molar refractivity (Wildman–Crippen MR) is 23.5 cm³/mol. The van der Waals surface area contributed by atoms with E-state index in [0.29, 0.717) is 6.67 Å². The topological polar surface area (TPSA) is 57.2 Å². The molecule has 0 aromatic carbocycles. The molecule has 0 aliphatic carbocycles. The molecule has 1 aliphatic heterocycles. The second-order valence-corrected chi connectivity index (χ2v) is 1.35. The van der Waals surface area contributed by atoms with Crippen LogP contribution in [0.3, 0.4) is 0 Å². The van der Waals surface area contributed by atoms with Crippen LogP contribution < -0.4 is 5.84 Å². The van der Waals surface area contributed by atoms with Gasteiger partial charge in [0.15, 0.2) is 0 Å². The molecule has 0 amide bonds. The molecule has 1 heterocycles. The van der Waals surface area contributed by atoms with Crippen molar-refractivity contribution in [1.29, 1.82) is 0 Å². The summed E-state index contributed by atoms with van der Waals surface area (Å²) in [5.41, 5.74) is 0. The smallest absolute Gasteiger partial charge is 0.134 e. The Kier molecular flexibility index (Phi) is 0.918. The van der Waals surface area contributed by atoms with Crippen LogP contribution in [0.4, 0.5) is 0 Å². The Morgan fingerprint density at radius 1 is 1.71 bits per heavy atom. The lowest BCUT2D eigenvalue weighted by molar-refractivity contribution is 0.0358. The monoisotopic (exact) mass is 101 g/mol. The molecule has 5 heteroatoms. The number of rotatable bonds is 0. The van der Waals surface area contributed by atoms with E-state index in [-0.39, 0.29) is 0 Å². The molecule has 5 nitrogen and oxygen atoms in total. The summed E-state index contributed by atoms with van der Waals surface area (Å²) in [7, 11) is 1.81. The van der Waals surface area contributed by atoms with Gasteiger partial charge >= 0.3 is 0 Å². The van der Waals surface area contributed by atoms with Crippen LogP contribution >= 0.6 is 0 Å². The number of hydrogen-bond donors (Lipinski definition) is 1. The third kappa shape index (κ3) is 0.675. The molecular formula is C2H7N5. The van der Waals surface area contributed by atoms with Gasteiger partial charge in [-0.15, -0.1) is 5.23 Å². The molecule has 0 radical (unpaired) electrons. The van der Waals surface area contributed by atoms with E-state index in [9.17, 15) is 0 Å². The van der Waals surface area contributed by atoms with Gasteiger partial charge in [0.1, 0.15) is 6.67 Å². The summed E-state index contributed by atoms with van der Waals surface area (Å²) in [6.07, 6.45) is 0. The fourth-order valence-corrected chi connectivity index (χ4v) is 0.318. The van der Waals surface area contributed by atoms with Crippen molar-refractivity contribution in [3.63, 3.8) is 0 Å². The highest BCUT2D eigenvalue weighted by atomic mass is 16.0. The minimum Gasteiger partial charge on any atom is -0.214 e. The maximum absolute atomic E-state index is 5.18. The quantitative estimate of drug-likeness (QED) is 0.412. The first-order valence-electron chi connectivity index (χ1n) is 1.94. The Labute approximate surface area is 41.3 Å². The number of nitrogens with zero attached hydrogens (tertiary/aromatic N) is 4. The van der Waals surface area contributed by atoms with Crippen molar-refractivity contribution in [3.05, 3.63) is 0 Å². The summed E-state index contributed by atoms with van der Waals surface area (Å²) in [6.45, 7) is 0.566. The Morgan fingerprint density at radius 2 is 2.43 bits per heavy atom. The molecule has 0 saturated heterocycles. The van der Waals surface area contributed by atoms with Crippen molar-refractivity contribution in [3.8, 4) is 0 Å². The van der Waals surface area contributed by atoms with E-state index in [4.69, 9.17) is 5.84 Å². The van der Waals surface area contributed by atoms with Gasteiger partial charge in [-0.3, -0.25) is 0 Å². The second kappa shape index (κ2) is 1.43. The van der Waals surface area contributed by atoms with Gasteiger partial charge in [0.05, 0.1) is 0 Å². The summed E-state index contributed by atoms with van der Waals surface area (Å²) >= 11 is 0. The summed E-state index contributed by atoms with van der Waals surface area (Å²) in [6, 6.07) is 0. The van der Waals surface area contributed by atoms with Gasteiger partial charge in [0, 0.05) is 7.05 Å². The maximum atomic E-state index is 5.18. The molecule has 0 spiro atoms. The zero-order valence-corrected chi connectivity index (χ0v) is 4.07. The first kappa shape index (κ1) is 4.48. The SMILES string of the molecule is CN1CN=NN1N. The average molecular weight is 101 g/mol. The third-order valence-corrected chi connectivity index (χ3v) is 0.773. The fourth-order valence-electron chi connectivity index (χ4n) is 0.318. The van der Waals surface area contributed by atoms with Crippen LogP contribution in [0.2, 0.25) is 0 Å². The largest absolute Gasteiger partial charge is 0.214 e. The van der Waals surface area contributed by atoms with Gasteiger partial charge in [-0.25, -0.2) is 5.84 Å². The lowest BCUT2D eigenvalue weighted by Gasteiger charge is -2.12. The minimum atomic E-state index is 0.566. The second-order valence-electron chi connectivity index (χ2n) is 1.35. The van der Waals surface area contributed by atoms with E-state index in [2.05, 4.69) is 10.3 Å². The van der Waals surface area contributed by atoms with Gasteiger partial charge < -0.3 is 0 Å². The van der Waals surface area contributed by atoms with Gasteiger partial charge in [-0.2, -0.15) is 10.1 Å². The molecule has 0 saturated carbocycles. The first-order valence-corrected chi connectivity index (χ1v) is 1.94. The molecular weight excluding hydrogens is 94.1 g/mol. The molecule has 0 unspecified atom stereocenters. The predicted octanol–water partition coefficient (Wildman–Crippen LogP) is -0.653. The third-order valence-electron chi connectivity index (χ3n) is 0.773. The Morgan fingerprint density at radius 3 is 2.57 bits per heavy atom. The summed E-state index contributed by atoms with van der Waals surface area (Å²) in [4.78, 5) is 0. The highest BCUT2D eigenvalue weighted by Gasteiger charge is 2.07. The molecule has 0 aromatic rings. The van der Waals surface area contributed by atoms with Crippen LogP contribution in [-0.4, -0.2) is 24.0 Å². The zero-order chi connectivity index (χ0) is 5.28. The van der Waals surface area contributed by atoms with E-state index in [1.54, 1.807) is 12.1 Å². The lowest BCUT2D eigenvalue weighted by Crippen LogP contribution is -2.36. The molecule has 40 valence electrons. The molecule has 2 N–H and O–H groups in total. The summed E-state index contributed by atoms with van der Waals surface area (Å²) in [5, 5.41) is 9.95. The van der Waals surface area contributed by atoms with Crippen LogP contribution in [-0.2, 0) is 0 Å². The Bertz CT molecular complexity index is 88.1. The number of nitrogens with two attached hydrogens (primary N) is 1. The van der Waals surface area contributed by atoms with E-state index < -0.39 is 0 Å². The highest BCUT2D eigenvalue weighted by Crippen LogP contribution is 1.96. The summed E-state index contributed by atoms with van der Waals surface area (Å²) in [5.74, 6) is 5.18. The Hall–Kier alpha value is -0.680. The minimum absolute atomic E-state index is 0.566. The van der Waals surface area contributed by atoms with E-state index in [1.165, 1.54) is 5.23 Å². The maximum Gasteiger partial charge on any atom is 0.134 e. The van der Waals surface area contributed by atoms with Crippen molar-refractivity contribution >= 4 is 0 Å². The molecule has 1 aliphatic rings. The van der Waals surface area contributed by atoms with Crippen molar-refractivity contribution in [2.24, 2.45) is 16.2 Å². The normalized spacial score (nSPS) is 21.7. The van der Waals surface area contributed by atoms with Crippen molar-refractivity contribution < 1.29 is 0 Å². The Balaban J connectivity index is 2.45. The van der Waals surface area contributed by atoms with E-state index >= 15 is 0 Å². The lowest BCUT2D eigenvalue weighted by atomic mass is 11.0. The number of hydrazine groups is 2. The van der Waals surface area contributed by atoms with Crippen LogP contribution in [0.5, 0.6) is 0 Å². The molecule has 7 heavy (non-hydrogen) atoms. The first-order chi connectivity index (χ1) is 3.30. The van der Waals surface area contributed by atoms with Crippen molar-refractivity contribution in [2.75, 3.05) is 13.7 Å². The van der Waals surface area contributed by atoms with Crippen molar-refractivity contribution in [2.45, 2.75) is 0 Å². The molecule has 0 bridgehead atoms. The van der Waals surface area contributed by atoms with Crippen LogP contribution in [0.15, 0.2) is 10.3 Å². The van der Waals surface area contributed by atoms with Crippen LogP contribution in [0.25, 0.3) is 0 Å². The molecule has 0 atom stereocenters. The highest BCUT2D eigenvalue weighted by molar-refractivity contribution is 4.39. The fraction of sp³-hybridized carbons (Fsp3) is 1.00. The van der Waals surface area contributed by atoms with Gasteiger partial charge in [0.2, 0.25) is 0 Å². The zero-order valence-electron chi connectivity index (χ0n) is 4.07. The van der Waals surface area contributed by atoms with Crippen LogP contribution in [0.1, 0.15) is 0 Å². The van der Waals surface area contributed by atoms with Gasteiger partial charge in [-0.1, -0.05) is 0 Å². The van der Waals surface area contributed by atoms with Gasteiger partial charge in [-0.05, 0) is 5.22 Å². The summed E-state index contributed by atoms with van der Waals surface area (Å²) < 4.78 is 0. The van der Waals surface area contributed by atoms with E-state index in [1.807, 2.05) is 0 Å². The van der Waals surface area contributed by atoms with E-state index in [0.717, 1.165) is 0 Å². The van der Waals surface area contributed by atoms with Crippen LogP contribution in [0, 0.1) is 0 Å². The van der Waals surface area contributed by atoms with Crippen molar-refractivity contribution in [1.82, 2.24) is 10.2 Å². The standard InChI is InChI=1S/C2H7N5/c1-6-2-4-5-7(6)3/h2-3H2,1H3. The molecule has 1 rings (SSSR count). The molecule has 0 aromatic heterocycles. The van der Waals surface area contributed by atoms with Gasteiger partial charge in [0.25, 0.3) is 0 Å². The number of hydrogen-bond acceptors (Lipinski definition) is 5.